The second-order valence-corrected chi connectivity index (χ2v) is 15.3. The van der Waals surface area contributed by atoms with Gasteiger partial charge in [0.15, 0.2) is 0 Å². The van der Waals surface area contributed by atoms with Crippen molar-refractivity contribution < 1.29 is 14.3 Å². The van der Waals surface area contributed by atoms with E-state index in [0.717, 1.165) is 34.8 Å². The number of anilines is 2. The van der Waals surface area contributed by atoms with Gasteiger partial charge in [0.2, 0.25) is 11.8 Å². The first-order valence-electron chi connectivity index (χ1n) is 14.8. The van der Waals surface area contributed by atoms with Crippen LogP contribution < -0.4 is 15.4 Å². The van der Waals surface area contributed by atoms with Gasteiger partial charge in [-0.3, -0.25) is 9.59 Å². The minimum Gasteiger partial charge on any atom is -0.457 e. The molecule has 0 aliphatic carbocycles. The summed E-state index contributed by atoms with van der Waals surface area (Å²) in [7, 11) is 0. The summed E-state index contributed by atoms with van der Waals surface area (Å²) < 4.78 is 7.54. The third-order valence-electron chi connectivity index (χ3n) is 7.42. The second kappa shape index (κ2) is 16.1. The van der Waals surface area contributed by atoms with Crippen LogP contribution in [0.3, 0.4) is 0 Å². The number of nitrogens with one attached hydrogen (secondary N) is 2. The van der Waals surface area contributed by atoms with Gasteiger partial charge in [-0.1, -0.05) is 75.7 Å². The molecular formula is C32H42N4O3S4. The number of likely N-dealkylation sites (tertiary alicyclic amines) is 2. The number of piperidine rings is 2. The molecule has 4 rings (SSSR count). The number of carbonyl (C=O) groups is 2. The third-order valence-corrected chi connectivity index (χ3v) is 10.5. The van der Waals surface area contributed by atoms with Crippen LogP contribution in [0.15, 0.2) is 48.5 Å². The highest BCUT2D eigenvalue weighted by Gasteiger charge is 2.25. The summed E-state index contributed by atoms with van der Waals surface area (Å²) in [5, 5.41) is 5.86. The molecule has 0 aromatic heterocycles. The normalized spacial score (nSPS) is 22.0. The Hall–Kier alpha value is -2.34. The van der Waals surface area contributed by atoms with Crippen LogP contribution in [0.2, 0.25) is 0 Å². The van der Waals surface area contributed by atoms with Crippen molar-refractivity contribution in [1.29, 1.82) is 0 Å². The van der Waals surface area contributed by atoms with Gasteiger partial charge in [0.1, 0.15) is 20.1 Å². The number of thioether (sulfide) groups is 2. The lowest BCUT2D eigenvalue weighted by molar-refractivity contribution is -0.114. The highest BCUT2D eigenvalue weighted by molar-refractivity contribution is 8.23. The second-order valence-electron chi connectivity index (χ2n) is 12.1. The van der Waals surface area contributed by atoms with Crippen LogP contribution in [0.25, 0.3) is 0 Å². The monoisotopic (exact) mass is 658 g/mol. The third kappa shape index (κ3) is 11.0. The Balaban J connectivity index is 1.16. The molecule has 2 amide bonds. The molecule has 2 fully saturated rings. The van der Waals surface area contributed by atoms with Gasteiger partial charge in [-0.25, -0.2) is 0 Å². The molecule has 2 aliphatic heterocycles. The van der Waals surface area contributed by atoms with Gasteiger partial charge >= 0.3 is 0 Å². The molecule has 2 N–H and O–H groups in total. The Morgan fingerprint density at radius 2 is 1.00 bits per heavy atom. The zero-order valence-corrected chi connectivity index (χ0v) is 28.6. The molecule has 0 unspecified atom stereocenters. The van der Waals surface area contributed by atoms with E-state index in [-0.39, 0.29) is 23.3 Å². The number of ether oxygens (including phenoxy) is 1. The largest absolute Gasteiger partial charge is 0.457 e. The summed E-state index contributed by atoms with van der Waals surface area (Å²) in [5.41, 5.74) is 1.40. The van der Waals surface area contributed by atoms with Gasteiger partial charge in [-0.05, 0) is 85.0 Å². The number of benzene rings is 2. The zero-order chi connectivity index (χ0) is 30.9. The molecule has 2 aromatic carbocycles. The average Bonchev–Trinajstić information content (AvgIpc) is 2.95. The van der Waals surface area contributed by atoms with E-state index < -0.39 is 0 Å². The molecule has 4 atom stereocenters. The number of thiocarbonyl (C=S) groups is 2. The fourth-order valence-electron chi connectivity index (χ4n) is 5.80. The van der Waals surface area contributed by atoms with Gasteiger partial charge in [0.25, 0.3) is 0 Å². The Morgan fingerprint density at radius 1 is 0.674 bits per heavy atom. The van der Waals surface area contributed by atoms with Crippen molar-refractivity contribution in [3.05, 3.63) is 48.5 Å². The van der Waals surface area contributed by atoms with E-state index in [9.17, 15) is 9.59 Å². The minimum absolute atomic E-state index is 0.0901. The van der Waals surface area contributed by atoms with Crippen molar-refractivity contribution in [3.63, 3.8) is 0 Å². The van der Waals surface area contributed by atoms with Crippen LogP contribution >= 0.6 is 48.0 Å². The number of carbonyl (C=O) groups excluding carboxylic acids is 2. The Kier molecular flexibility index (Phi) is 12.6. The Morgan fingerprint density at radius 3 is 1.33 bits per heavy atom. The summed E-state index contributed by atoms with van der Waals surface area (Å²) in [6.07, 6.45) is 2.45. The topological polar surface area (TPSA) is 73.9 Å². The average molecular weight is 659 g/mol. The van der Waals surface area contributed by atoms with Crippen molar-refractivity contribution in [2.45, 2.75) is 40.5 Å². The molecule has 2 aromatic rings. The van der Waals surface area contributed by atoms with Crippen molar-refractivity contribution in [1.82, 2.24) is 9.80 Å². The van der Waals surface area contributed by atoms with Crippen molar-refractivity contribution in [2.24, 2.45) is 23.7 Å². The maximum Gasteiger partial charge on any atom is 0.234 e. The molecule has 2 heterocycles. The summed E-state index contributed by atoms with van der Waals surface area (Å²) in [6.45, 7) is 12.8. The van der Waals surface area contributed by atoms with Gasteiger partial charge in [0.05, 0.1) is 11.5 Å². The molecule has 0 bridgehead atoms. The first-order valence-corrected chi connectivity index (χ1v) is 17.6. The lowest BCUT2D eigenvalue weighted by atomic mass is 9.92. The SMILES string of the molecule is C[C@@H]1C[C@@H](C)CN(C(=S)SCC(=O)Nc2ccc(Oc3ccc(NC(=O)CSC(=S)N4C[C@H](C)C[C@@H](C)C4)cc3)cc2)C1. The predicted octanol–water partition coefficient (Wildman–Crippen LogP) is 7.35. The zero-order valence-electron chi connectivity index (χ0n) is 25.3. The van der Waals surface area contributed by atoms with Crippen molar-refractivity contribution >= 4 is 79.8 Å². The van der Waals surface area contributed by atoms with Gasteiger partial charge in [0, 0.05) is 37.6 Å². The van der Waals surface area contributed by atoms with Crippen molar-refractivity contribution in [2.75, 3.05) is 48.3 Å². The molecule has 0 saturated carbocycles. The maximum atomic E-state index is 12.5. The Labute approximate surface area is 275 Å². The van der Waals surface area contributed by atoms with Gasteiger partial charge < -0.3 is 25.2 Å². The molecule has 11 heteroatoms. The summed E-state index contributed by atoms with van der Waals surface area (Å²) in [4.78, 5) is 29.5. The molecule has 0 radical (unpaired) electrons. The molecular weight excluding hydrogens is 617 g/mol. The number of hydrogen-bond acceptors (Lipinski definition) is 7. The highest BCUT2D eigenvalue weighted by atomic mass is 32.2. The van der Waals surface area contributed by atoms with E-state index in [2.05, 4.69) is 48.1 Å². The molecule has 232 valence electrons. The summed E-state index contributed by atoms with van der Waals surface area (Å²) in [6, 6.07) is 14.5. The summed E-state index contributed by atoms with van der Waals surface area (Å²) in [5.74, 6) is 4.14. The molecule has 0 spiro atoms. The van der Waals surface area contributed by atoms with Gasteiger partial charge in [-0.15, -0.1) is 0 Å². The highest BCUT2D eigenvalue weighted by Crippen LogP contribution is 2.27. The van der Waals surface area contributed by atoms with Crippen molar-refractivity contribution in [3.8, 4) is 11.5 Å². The molecule has 43 heavy (non-hydrogen) atoms. The van der Waals surface area contributed by atoms with E-state index in [1.54, 1.807) is 0 Å². The molecule has 7 nitrogen and oxygen atoms in total. The van der Waals surface area contributed by atoms with Crippen LogP contribution in [0, 0.1) is 23.7 Å². The molecule has 2 aliphatic rings. The number of rotatable bonds is 8. The number of hydrogen-bond donors (Lipinski definition) is 2. The van der Waals surface area contributed by atoms with Crippen LogP contribution in [0.5, 0.6) is 11.5 Å². The number of nitrogens with zero attached hydrogens (tertiary/aromatic N) is 2. The standard InChI is InChI=1S/C32H42N4O3S4/c1-21-13-22(2)16-35(15-21)31(40)42-19-29(37)33-25-5-9-27(10-6-25)39-28-11-7-26(8-12-28)34-30(38)20-43-32(41)36-17-23(3)14-24(4)18-36/h5-12,21-24H,13-20H2,1-4H3,(H,33,37)(H,34,38)/t21-,22-,23-,24-/m1/s1. The first-order chi connectivity index (χ1) is 20.5. The quantitative estimate of drug-likeness (QED) is 0.283. The first kappa shape index (κ1) is 33.6. The van der Waals surface area contributed by atoms with Crippen LogP contribution in [0.4, 0.5) is 11.4 Å². The van der Waals surface area contributed by atoms with Gasteiger partial charge in [-0.2, -0.15) is 0 Å². The predicted molar refractivity (Wildman–Crippen MR) is 189 cm³/mol. The molecule has 2 saturated heterocycles. The number of amides is 2. The summed E-state index contributed by atoms with van der Waals surface area (Å²) >= 11 is 14.0. The fourth-order valence-corrected chi connectivity index (χ4v) is 7.77. The van der Waals surface area contributed by atoms with E-state index >= 15 is 0 Å². The minimum atomic E-state index is -0.0901. The Bertz CT molecular complexity index is 1160. The lowest BCUT2D eigenvalue weighted by Gasteiger charge is -2.36. The van der Waals surface area contributed by atoms with Crippen LogP contribution in [-0.4, -0.2) is 67.9 Å². The van der Waals surface area contributed by atoms with E-state index in [1.165, 1.54) is 36.4 Å². The van der Waals surface area contributed by atoms with E-state index in [1.807, 2.05) is 48.5 Å². The van der Waals surface area contributed by atoms with E-state index in [4.69, 9.17) is 29.2 Å². The van der Waals surface area contributed by atoms with E-state index in [0.29, 0.717) is 46.5 Å². The van der Waals surface area contributed by atoms with Crippen LogP contribution in [-0.2, 0) is 9.59 Å². The smallest absolute Gasteiger partial charge is 0.234 e. The fraction of sp³-hybridized carbons (Fsp3) is 0.500. The maximum absolute atomic E-state index is 12.5. The van der Waals surface area contributed by atoms with Crippen LogP contribution in [0.1, 0.15) is 40.5 Å². The lowest BCUT2D eigenvalue weighted by Crippen LogP contribution is -2.41.